The zero-order valence-electron chi connectivity index (χ0n) is 14.0. The van der Waals surface area contributed by atoms with Crippen LogP contribution in [0.1, 0.15) is 57.8 Å². The number of nitrogens with one attached hydrogen (secondary N) is 1. The van der Waals surface area contributed by atoms with E-state index in [-0.39, 0.29) is 11.9 Å². The second-order valence-corrected chi connectivity index (χ2v) is 6.61. The minimum absolute atomic E-state index is 0.0422. The highest BCUT2D eigenvalue weighted by Crippen LogP contribution is 2.27. The van der Waals surface area contributed by atoms with E-state index < -0.39 is 5.54 Å². The van der Waals surface area contributed by atoms with E-state index in [1.165, 1.54) is 6.42 Å². The highest BCUT2D eigenvalue weighted by atomic mass is 16.2. The lowest BCUT2D eigenvalue weighted by Gasteiger charge is -2.33. The van der Waals surface area contributed by atoms with Crippen molar-refractivity contribution in [1.82, 2.24) is 14.9 Å². The molecule has 1 aliphatic rings. The number of carbonyl (C=O) groups excluding carboxylic acids is 1. The summed E-state index contributed by atoms with van der Waals surface area (Å²) in [6, 6.07) is 7.91. The third kappa shape index (κ3) is 2.98. The molecule has 23 heavy (non-hydrogen) atoms. The number of nitrogens with two attached hydrogens (primary N) is 1. The number of rotatable bonds is 4. The second-order valence-electron chi connectivity index (χ2n) is 6.61. The summed E-state index contributed by atoms with van der Waals surface area (Å²) in [4.78, 5) is 17.4. The molecule has 0 spiro atoms. The lowest BCUT2D eigenvalue weighted by Crippen LogP contribution is -2.55. The number of hydrogen-bond donors (Lipinski definition) is 2. The molecule has 1 unspecified atom stereocenters. The third-order valence-corrected chi connectivity index (χ3v) is 4.93. The van der Waals surface area contributed by atoms with Gasteiger partial charge in [-0.15, -0.1) is 0 Å². The number of carbonyl (C=O) groups is 1. The monoisotopic (exact) mass is 314 g/mol. The molecule has 0 bridgehead atoms. The van der Waals surface area contributed by atoms with E-state index in [0.29, 0.717) is 0 Å². The summed E-state index contributed by atoms with van der Waals surface area (Å²) in [6.45, 7) is 4.90. The molecule has 1 saturated carbocycles. The van der Waals surface area contributed by atoms with Crippen LogP contribution in [0.4, 0.5) is 0 Å². The van der Waals surface area contributed by atoms with Crippen LogP contribution in [0.3, 0.4) is 0 Å². The van der Waals surface area contributed by atoms with E-state index in [0.717, 1.165) is 49.1 Å². The van der Waals surface area contributed by atoms with E-state index in [9.17, 15) is 4.79 Å². The Morgan fingerprint density at radius 2 is 2.04 bits per heavy atom. The van der Waals surface area contributed by atoms with Crippen LogP contribution in [0.5, 0.6) is 0 Å². The first-order valence-corrected chi connectivity index (χ1v) is 8.60. The van der Waals surface area contributed by atoms with Crippen LogP contribution in [-0.2, 0) is 11.3 Å². The zero-order valence-corrected chi connectivity index (χ0v) is 14.0. The van der Waals surface area contributed by atoms with Crippen molar-refractivity contribution in [3.63, 3.8) is 0 Å². The molecule has 1 amide bonds. The van der Waals surface area contributed by atoms with Crippen molar-refractivity contribution in [2.24, 2.45) is 5.73 Å². The Hall–Kier alpha value is -1.88. The summed E-state index contributed by atoms with van der Waals surface area (Å²) in [7, 11) is 0. The summed E-state index contributed by atoms with van der Waals surface area (Å²) in [6.07, 6.45) is 4.79. The Labute approximate surface area is 137 Å². The molecule has 1 heterocycles. The maximum atomic E-state index is 12.6. The number of imidazole rings is 1. The molecular formula is C18H26N4O. The third-order valence-electron chi connectivity index (χ3n) is 4.93. The van der Waals surface area contributed by atoms with Gasteiger partial charge >= 0.3 is 0 Å². The summed E-state index contributed by atoms with van der Waals surface area (Å²) in [5.41, 5.74) is 7.69. The van der Waals surface area contributed by atoms with Crippen molar-refractivity contribution in [2.75, 3.05) is 0 Å². The number of benzene rings is 1. The first kappa shape index (κ1) is 16.0. The van der Waals surface area contributed by atoms with E-state index in [1.807, 2.05) is 25.1 Å². The van der Waals surface area contributed by atoms with Crippen molar-refractivity contribution in [2.45, 2.75) is 64.1 Å². The van der Waals surface area contributed by atoms with Crippen LogP contribution in [0.15, 0.2) is 24.3 Å². The van der Waals surface area contributed by atoms with Crippen molar-refractivity contribution >= 4 is 16.9 Å². The lowest BCUT2D eigenvalue weighted by molar-refractivity contribution is -0.128. The normalized spacial score (nSPS) is 18.7. The van der Waals surface area contributed by atoms with Crippen molar-refractivity contribution in [3.8, 4) is 0 Å². The van der Waals surface area contributed by atoms with Gasteiger partial charge in [-0.05, 0) is 38.8 Å². The molecule has 1 aromatic heterocycles. The van der Waals surface area contributed by atoms with Gasteiger partial charge in [0.25, 0.3) is 0 Å². The van der Waals surface area contributed by atoms with Crippen molar-refractivity contribution in [3.05, 3.63) is 30.1 Å². The molecule has 5 heteroatoms. The van der Waals surface area contributed by atoms with Crippen LogP contribution in [0.2, 0.25) is 0 Å². The van der Waals surface area contributed by atoms with Crippen LogP contribution in [0.25, 0.3) is 11.0 Å². The molecular weight excluding hydrogens is 288 g/mol. The van der Waals surface area contributed by atoms with Gasteiger partial charge in [-0.25, -0.2) is 4.98 Å². The highest BCUT2D eigenvalue weighted by Gasteiger charge is 2.36. The van der Waals surface area contributed by atoms with E-state index >= 15 is 0 Å². The standard InChI is InChI=1S/C18H26N4O/c1-3-22-15-10-6-5-9-14(15)21-16(22)13(2)20-17(23)18(19)11-7-4-8-12-18/h5-6,9-10,13H,3-4,7-8,11-12,19H2,1-2H3,(H,20,23). The molecule has 3 N–H and O–H groups in total. The summed E-state index contributed by atoms with van der Waals surface area (Å²) >= 11 is 0. The Bertz CT molecular complexity index is 700. The fourth-order valence-electron chi connectivity index (χ4n) is 3.57. The van der Waals surface area contributed by atoms with Gasteiger partial charge in [-0.2, -0.15) is 0 Å². The van der Waals surface area contributed by atoms with Crippen molar-refractivity contribution < 1.29 is 4.79 Å². The molecule has 1 aliphatic carbocycles. The molecule has 2 aromatic rings. The summed E-state index contributed by atoms with van der Waals surface area (Å²) < 4.78 is 2.16. The van der Waals surface area contributed by atoms with Crippen molar-refractivity contribution in [1.29, 1.82) is 0 Å². The van der Waals surface area contributed by atoms with Crippen LogP contribution < -0.4 is 11.1 Å². The molecule has 1 atom stereocenters. The first-order valence-electron chi connectivity index (χ1n) is 8.60. The number of aromatic nitrogens is 2. The van der Waals surface area contributed by atoms with Gasteiger partial charge < -0.3 is 15.6 Å². The second kappa shape index (κ2) is 6.32. The molecule has 124 valence electrons. The number of fused-ring (bicyclic) bond motifs is 1. The molecule has 1 fully saturated rings. The maximum Gasteiger partial charge on any atom is 0.240 e. The molecule has 0 radical (unpaired) electrons. The zero-order chi connectivity index (χ0) is 16.4. The van der Waals surface area contributed by atoms with E-state index in [2.05, 4.69) is 22.9 Å². The van der Waals surface area contributed by atoms with E-state index in [1.54, 1.807) is 0 Å². The average Bonchev–Trinajstić information content (AvgIpc) is 2.94. The van der Waals surface area contributed by atoms with E-state index in [4.69, 9.17) is 10.7 Å². The van der Waals surface area contributed by atoms with Gasteiger partial charge in [-0.3, -0.25) is 4.79 Å². The molecule has 1 aromatic carbocycles. The molecule has 0 aliphatic heterocycles. The summed E-state index contributed by atoms with van der Waals surface area (Å²) in [5.74, 6) is 0.848. The quantitative estimate of drug-likeness (QED) is 0.911. The van der Waals surface area contributed by atoms with Gasteiger partial charge in [0.1, 0.15) is 5.82 Å². The number of aryl methyl sites for hydroxylation is 1. The number of hydrogen-bond acceptors (Lipinski definition) is 3. The Kier molecular flexibility index (Phi) is 4.39. The molecule has 5 nitrogen and oxygen atoms in total. The van der Waals surface area contributed by atoms with Crippen LogP contribution >= 0.6 is 0 Å². The fraction of sp³-hybridized carbons (Fsp3) is 0.556. The van der Waals surface area contributed by atoms with Crippen LogP contribution in [-0.4, -0.2) is 21.0 Å². The SMILES string of the molecule is CCn1c(C(C)NC(=O)C2(N)CCCCC2)nc2ccccc21. The Morgan fingerprint density at radius 1 is 1.35 bits per heavy atom. The van der Waals surface area contributed by atoms with Gasteiger partial charge in [0, 0.05) is 6.54 Å². The Balaban J connectivity index is 1.83. The predicted octanol–water partition coefficient (Wildman–Crippen LogP) is 2.90. The highest BCUT2D eigenvalue weighted by molar-refractivity contribution is 5.86. The van der Waals surface area contributed by atoms with Gasteiger partial charge in [-0.1, -0.05) is 31.4 Å². The first-order chi connectivity index (χ1) is 11.0. The maximum absolute atomic E-state index is 12.6. The average molecular weight is 314 g/mol. The minimum Gasteiger partial charge on any atom is -0.345 e. The molecule has 3 rings (SSSR count). The molecule has 0 saturated heterocycles. The van der Waals surface area contributed by atoms with Gasteiger partial charge in [0.05, 0.1) is 22.6 Å². The fourth-order valence-corrected chi connectivity index (χ4v) is 3.57. The van der Waals surface area contributed by atoms with Crippen LogP contribution in [0, 0.1) is 0 Å². The predicted molar refractivity (Wildman–Crippen MR) is 92.0 cm³/mol. The largest absolute Gasteiger partial charge is 0.345 e. The Morgan fingerprint density at radius 3 is 2.74 bits per heavy atom. The summed E-state index contributed by atoms with van der Waals surface area (Å²) in [5, 5.41) is 3.09. The number of para-hydroxylation sites is 2. The topological polar surface area (TPSA) is 72.9 Å². The number of amides is 1. The number of nitrogens with zero attached hydrogens (tertiary/aromatic N) is 2. The van der Waals surface area contributed by atoms with Gasteiger partial charge in [0.15, 0.2) is 0 Å². The smallest absolute Gasteiger partial charge is 0.240 e. The lowest BCUT2D eigenvalue weighted by atomic mass is 9.82. The minimum atomic E-state index is -0.713. The van der Waals surface area contributed by atoms with Gasteiger partial charge in [0.2, 0.25) is 5.91 Å².